The molecule has 2 amide bonds. The van der Waals surface area contributed by atoms with E-state index in [0.29, 0.717) is 25.7 Å². The van der Waals surface area contributed by atoms with Gasteiger partial charge in [0.1, 0.15) is 0 Å². The summed E-state index contributed by atoms with van der Waals surface area (Å²) >= 11 is 0. The zero-order chi connectivity index (χ0) is 18.3. The first kappa shape index (κ1) is 19.9. The van der Waals surface area contributed by atoms with Crippen LogP contribution in [0, 0.1) is 23.7 Å². The summed E-state index contributed by atoms with van der Waals surface area (Å²) in [6, 6.07) is 0. The van der Waals surface area contributed by atoms with E-state index in [4.69, 9.17) is 21.7 Å². The van der Waals surface area contributed by atoms with Gasteiger partial charge in [0.15, 0.2) is 0 Å². The molecule has 0 radical (unpaired) electrons. The lowest BCUT2D eigenvalue weighted by Crippen LogP contribution is -2.36. The van der Waals surface area contributed by atoms with Crippen LogP contribution < -0.4 is 11.5 Å². The Kier molecular flexibility index (Phi) is 7.67. The first-order chi connectivity index (χ1) is 11.3. The molecule has 0 aromatic heterocycles. The minimum Gasteiger partial charge on any atom is -0.481 e. The third-order valence-electron chi connectivity index (χ3n) is 4.90. The Morgan fingerprint density at radius 1 is 0.583 bits per heavy atom. The number of primary amides is 2. The lowest BCUT2D eigenvalue weighted by atomic mass is 9.79. The summed E-state index contributed by atoms with van der Waals surface area (Å²) in [5, 5.41) is 17.5. The van der Waals surface area contributed by atoms with Gasteiger partial charge in [-0.3, -0.25) is 19.2 Å². The maximum atomic E-state index is 10.8. The molecular weight excluding hydrogens is 316 g/mol. The molecular formula is C16H26N2O6. The van der Waals surface area contributed by atoms with E-state index in [1.165, 1.54) is 0 Å². The zero-order valence-corrected chi connectivity index (χ0v) is 13.6. The topological polar surface area (TPSA) is 161 Å². The fraction of sp³-hybridized carbons (Fsp3) is 0.750. The van der Waals surface area contributed by atoms with Crippen LogP contribution in [0.5, 0.6) is 0 Å². The van der Waals surface area contributed by atoms with Gasteiger partial charge in [0.2, 0.25) is 11.8 Å². The molecule has 2 rings (SSSR count). The molecule has 4 atom stereocenters. The fourth-order valence-corrected chi connectivity index (χ4v) is 3.53. The van der Waals surface area contributed by atoms with Crippen LogP contribution in [0.25, 0.3) is 0 Å². The lowest BCUT2D eigenvalue weighted by Gasteiger charge is -2.25. The van der Waals surface area contributed by atoms with Crippen molar-refractivity contribution in [2.75, 3.05) is 0 Å². The van der Waals surface area contributed by atoms with Gasteiger partial charge in [-0.2, -0.15) is 0 Å². The average Bonchev–Trinajstić information content (AvgIpc) is 2.55. The van der Waals surface area contributed by atoms with Gasteiger partial charge in [-0.1, -0.05) is 25.7 Å². The van der Waals surface area contributed by atoms with Gasteiger partial charge in [0.25, 0.3) is 0 Å². The van der Waals surface area contributed by atoms with E-state index in [1.54, 1.807) is 0 Å². The number of amides is 2. The number of rotatable bonds is 4. The first-order valence-electron chi connectivity index (χ1n) is 8.30. The molecule has 136 valence electrons. The summed E-state index contributed by atoms with van der Waals surface area (Å²) in [6.07, 6.45) is 6.04. The highest BCUT2D eigenvalue weighted by atomic mass is 16.4. The maximum absolute atomic E-state index is 10.8. The minimum atomic E-state index is -0.890. The molecule has 0 heterocycles. The predicted octanol–water partition coefficient (Wildman–Crippen LogP) is 0.725. The molecule has 0 aromatic carbocycles. The highest BCUT2D eigenvalue weighted by molar-refractivity contribution is 5.84. The summed E-state index contributed by atoms with van der Waals surface area (Å²) < 4.78 is 0. The molecule has 8 heteroatoms. The minimum absolute atomic E-state index is 0.448. The summed E-state index contributed by atoms with van der Waals surface area (Å²) in [6.45, 7) is 0. The highest BCUT2D eigenvalue weighted by Crippen LogP contribution is 2.30. The lowest BCUT2D eigenvalue weighted by molar-refractivity contribution is -0.148. The van der Waals surface area contributed by atoms with Crippen LogP contribution in [0.1, 0.15) is 51.4 Å². The molecule has 0 aromatic rings. The van der Waals surface area contributed by atoms with Crippen LogP contribution in [0.15, 0.2) is 0 Å². The number of carbonyl (C=O) groups is 4. The molecule has 0 unspecified atom stereocenters. The van der Waals surface area contributed by atoms with Gasteiger partial charge >= 0.3 is 11.9 Å². The van der Waals surface area contributed by atoms with Crippen molar-refractivity contribution in [3.63, 3.8) is 0 Å². The smallest absolute Gasteiger partial charge is 0.307 e. The van der Waals surface area contributed by atoms with E-state index in [0.717, 1.165) is 25.7 Å². The number of nitrogens with two attached hydrogens (primary N) is 2. The number of carboxylic acids is 2. The largest absolute Gasteiger partial charge is 0.481 e. The van der Waals surface area contributed by atoms with Crippen molar-refractivity contribution >= 4 is 23.8 Å². The van der Waals surface area contributed by atoms with Crippen molar-refractivity contribution in [3.05, 3.63) is 0 Å². The number of carbonyl (C=O) groups excluding carboxylic acids is 2. The molecule has 8 nitrogen and oxygen atoms in total. The van der Waals surface area contributed by atoms with Crippen molar-refractivity contribution in [3.8, 4) is 0 Å². The Morgan fingerprint density at radius 2 is 0.833 bits per heavy atom. The standard InChI is InChI=1S/2C8H13NO3/c2*9-7(10)5-3-1-2-4-6(5)8(11)12/h2*5-6H,1-4H2,(H2,9,10)(H,11,12)/t2*5-,6-/m10/s1. The van der Waals surface area contributed by atoms with Gasteiger partial charge in [0.05, 0.1) is 23.7 Å². The Labute approximate surface area is 140 Å². The van der Waals surface area contributed by atoms with Gasteiger partial charge < -0.3 is 21.7 Å². The van der Waals surface area contributed by atoms with E-state index in [9.17, 15) is 19.2 Å². The van der Waals surface area contributed by atoms with Crippen molar-refractivity contribution < 1.29 is 29.4 Å². The zero-order valence-electron chi connectivity index (χ0n) is 13.6. The Bertz CT molecular complexity index is 405. The molecule has 0 aliphatic heterocycles. The van der Waals surface area contributed by atoms with E-state index in [2.05, 4.69) is 0 Å². The van der Waals surface area contributed by atoms with E-state index in [1.807, 2.05) is 0 Å². The maximum Gasteiger partial charge on any atom is 0.307 e. The van der Waals surface area contributed by atoms with Crippen molar-refractivity contribution in [2.24, 2.45) is 35.1 Å². The van der Waals surface area contributed by atoms with Crippen LogP contribution in [0.3, 0.4) is 0 Å². The second kappa shape index (κ2) is 9.24. The second-order valence-corrected chi connectivity index (χ2v) is 6.48. The molecule has 24 heavy (non-hydrogen) atoms. The molecule has 2 aliphatic carbocycles. The van der Waals surface area contributed by atoms with E-state index >= 15 is 0 Å². The van der Waals surface area contributed by atoms with Crippen LogP contribution >= 0.6 is 0 Å². The third-order valence-corrected chi connectivity index (χ3v) is 4.90. The number of aliphatic carboxylic acids is 2. The predicted molar refractivity (Wildman–Crippen MR) is 84.6 cm³/mol. The van der Waals surface area contributed by atoms with Gasteiger partial charge in [-0.05, 0) is 25.7 Å². The Balaban J connectivity index is 0.000000240. The Hall–Kier alpha value is -2.12. The molecule has 6 N–H and O–H groups in total. The summed E-state index contributed by atoms with van der Waals surface area (Å²) in [7, 11) is 0. The summed E-state index contributed by atoms with van der Waals surface area (Å²) in [5.41, 5.74) is 10.2. The van der Waals surface area contributed by atoms with E-state index < -0.39 is 47.4 Å². The highest BCUT2D eigenvalue weighted by Gasteiger charge is 2.35. The van der Waals surface area contributed by atoms with Crippen LogP contribution in [-0.2, 0) is 19.2 Å². The molecule has 0 bridgehead atoms. The van der Waals surface area contributed by atoms with Crippen molar-refractivity contribution in [1.82, 2.24) is 0 Å². The molecule has 0 saturated heterocycles. The normalized spacial score (nSPS) is 29.7. The molecule has 2 aliphatic rings. The molecule has 2 fully saturated rings. The van der Waals surface area contributed by atoms with Gasteiger partial charge in [-0.15, -0.1) is 0 Å². The van der Waals surface area contributed by atoms with Crippen molar-refractivity contribution in [2.45, 2.75) is 51.4 Å². The monoisotopic (exact) mass is 342 g/mol. The van der Waals surface area contributed by atoms with E-state index in [-0.39, 0.29) is 0 Å². The fourth-order valence-electron chi connectivity index (χ4n) is 3.53. The quantitative estimate of drug-likeness (QED) is 0.588. The summed E-state index contributed by atoms with van der Waals surface area (Å²) in [5.74, 6) is -4.71. The summed E-state index contributed by atoms with van der Waals surface area (Å²) in [4.78, 5) is 43.0. The second-order valence-electron chi connectivity index (χ2n) is 6.48. The van der Waals surface area contributed by atoms with Crippen LogP contribution in [0.4, 0.5) is 0 Å². The number of hydrogen-bond acceptors (Lipinski definition) is 4. The van der Waals surface area contributed by atoms with Crippen molar-refractivity contribution in [1.29, 1.82) is 0 Å². The van der Waals surface area contributed by atoms with Gasteiger partial charge in [-0.25, -0.2) is 0 Å². The van der Waals surface area contributed by atoms with Crippen LogP contribution in [0.2, 0.25) is 0 Å². The average molecular weight is 342 g/mol. The van der Waals surface area contributed by atoms with Gasteiger partial charge in [0, 0.05) is 0 Å². The Morgan fingerprint density at radius 3 is 1.00 bits per heavy atom. The molecule has 2 saturated carbocycles. The van der Waals surface area contributed by atoms with Crippen LogP contribution in [-0.4, -0.2) is 34.0 Å². The first-order valence-corrected chi connectivity index (χ1v) is 8.30. The number of hydrogen-bond donors (Lipinski definition) is 4. The number of carboxylic acid groups (broad SMARTS) is 2. The SMILES string of the molecule is NC(=O)[C@@H]1CCCC[C@H]1C(=O)O.NC(=O)[C@H]1CCCC[C@@H]1C(=O)O. The molecule has 0 spiro atoms. The third kappa shape index (κ3) is 5.50.